The fourth-order valence-corrected chi connectivity index (χ4v) is 2.50. The van der Waals surface area contributed by atoms with Crippen molar-refractivity contribution in [3.05, 3.63) is 65.2 Å². The summed E-state index contributed by atoms with van der Waals surface area (Å²) in [5.41, 5.74) is 4.25. The van der Waals surface area contributed by atoms with Crippen molar-refractivity contribution in [1.82, 2.24) is 5.32 Å². The molecule has 0 radical (unpaired) electrons. The number of nitrogens with one attached hydrogen (secondary N) is 2. The van der Waals surface area contributed by atoms with Gasteiger partial charge >= 0.3 is 0 Å². The van der Waals surface area contributed by atoms with Crippen LogP contribution in [0.25, 0.3) is 0 Å². The summed E-state index contributed by atoms with van der Waals surface area (Å²) in [5.74, 6) is -0.0118. The van der Waals surface area contributed by atoms with E-state index in [0.29, 0.717) is 6.54 Å². The molecule has 0 aliphatic carbocycles. The average molecular weight is 266 g/mol. The van der Waals surface area contributed by atoms with Crippen molar-refractivity contribution in [3.8, 4) is 0 Å². The lowest BCUT2D eigenvalue weighted by Crippen LogP contribution is -2.23. The van der Waals surface area contributed by atoms with Gasteiger partial charge in [0.1, 0.15) is 0 Å². The minimum absolute atomic E-state index is 0.0118. The Balaban J connectivity index is 1.68. The van der Waals surface area contributed by atoms with Crippen LogP contribution in [0.1, 0.15) is 27.9 Å². The average Bonchev–Trinajstić information content (AvgIpc) is 2.53. The molecule has 1 heterocycles. The monoisotopic (exact) mass is 266 g/mol. The van der Waals surface area contributed by atoms with Crippen molar-refractivity contribution in [2.24, 2.45) is 0 Å². The maximum atomic E-state index is 12.2. The molecule has 0 bridgehead atoms. The highest BCUT2D eigenvalue weighted by molar-refractivity contribution is 5.94. The Morgan fingerprint density at radius 3 is 2.85 bits per heavy atom. The van der Waals surface area contributed by atoms with Crippen LogP contribution in [0.4, 0.5) is 5.69 Å². The van der Waals surface area contributed by atoms with Gasteiger partial charge < -0.3 is 10.6 Å². The number of carbonyl (C=O) groups is 1. The van der Waals surface area contributed by atoms with E-state index in [4.69, 9.17) is 0 Å². The van der Waals surface area contributed by atoms with Gasteiger partial charge in [-0.25, -0.2) is 0 Å². The molecule has 2 N–H and O–H groups in total. The van der Waals surface area contributed by atoms with Crippen LogP contribution in [0, 0.1) is 0 Å². The topological polar surface area (TPSA) is 41.1 Å². The van der Waals surface area contributed by atoms with Gasteiger partial charge in [-0.2, -0.15) is 0 Å². The normalized spacial score (nSPS) is 13.2. The van der Waals surface area contributed by atoms with E-state index in [1.807, 2.05) is 48.5 Å². The number of carbonyl (C=O) groups excluding carboxylic acids is 1. The quantitative estimate of drug-likeness (QED) is 0.896. The van der Waals surface area contributed by atoms with Gasteiger partial charge in [-0.1, -0.05) is 30.3 Å². The summed E-state index contributed by atoms with van der Waals surface area (Å²) in [7, 11) is 0. The van der Waals surface area contributed by atoms with Crippen molar-refractivity contribution in [1.29, 1.82) is 0 Å². The highest BCUT2D eigenvalue weighted by Crippen LogP contribution is 2.22. The van der Waals surface area contributed by atoms with E-state index in [1.165, 1.54) is 5.56 Å². The molecule has 0 saturated carbocycles. The lowest BCUT2D eigenvalue weighted by atomic mass is 10.0. The Morgan fingerprint density at radius 1 is 1.15 bits per heavy atom. The fraction of sp³-hybridized carbons (Fsp3) is 0.235. The molecule has 3 heteroatoms. The van der Waals surface area contributed by atoms with Crippen molar-refractivity contribution < 1.29 is 4.79 Å². The summed E-state index contributed by atoms with van der Waals surface area (Å²) < 4.78 is 0. The Morgan fingerprint density at radius 2 is 2.00 bits per heavy atom. The second kappa shape index (κ2) is 5.78. The third kappa shape index (κ3) is 2.82. The smallest absolute Gasteiger partial charge is 0.251 e. The molecule has 3 rings (SSSR count). The standard InChI is InChI=1S/C17H18N2O/c20-17(19-12-13-5-2-1-3-6-13)15-8-9-16-14(11-15)7-4-10-18-16/h1-3,5-6,8-9,11,18H,4,7,10,12H2,(H,19,20). The zero-order valence-corrected chi connectivity index (χ0v) is 11.4. The van der Waals surface area contributed by atoms with Crippen molar-refractivity contribution in [2.45, 2.75) is 19.4 Å². The van der Waals surface area contributed by atoms with Gasteiger partial charge in [0.15, 0.2) is 0 Å². The highest BCUT2D eigenvalue weighted by Gasteiger charge is 2.12. The molecular formula is C17H18N2O. The molecule has 1 aliphatic rings. The molecule has 0 saturated heterocycles. The predicted octanol–water partition coefficient (Wildman–Crippen LogP) is 2.97. The summed E-state index contributed by atoms with van der Waals surface area (Å²) >= 11 is 0. The van der Waals surface area contributed by atoms with Crippen molar-refractivity contribution in [2.75, 3.05) is 11.9 Å². The summed E-state index contributed by atoms with van der Waals surface area (Å²) in [4.78, 5) is 12.2. The maximum Gasteiger partial charge on any atom is 0.251 e. The van der Waals surface area contributed by atoms with Crippen LogP contribution in [0.5, 0.6) is 0 Å². The van der Waals surface area contributed by atoms with E-state index in [0.717, 1.165) is 36.2 Å². The zero-order valence-electron chi connectivity index (χ0n) is 11.4. The van der Waals surface area contributed by atoms with Crippen LogP contribution in [-0.4, -0.2) is 12.5 Å². The maximum absolute atomic E-state index is 12.2. The van der Waals surface area contributed by atoms with Gasteiger partial charge in [-0.05, 0) is 42.2 Å². The molecule has 20 heavy (non-hydrogen) atoms. The van der Waals surface area contributed by atoms with Crippen molar-refractivity contribution >= 4 is 11.6 Å². The van der Waals surface area contributed by atoms with Crippen molar-refractivity contribution in [3.63, 3.8) is 0 Å². The number of amides is 1. The van der Waals surface area contributed by atoms with Crippen LogP contribution in [0.2, 0.25) is 0 Å². The lowest BCUT2D eigenvalue weighted by Gasteiger charge is -2.18. The number of hydrogen-bond donors (Lipinski definition) is 2. The molecule has 1 aliphatic heterocycles. The first-order valence-electron chi connectivity index (χ1n) is 7.02. The molecular weight excluding hydrogens is 248 g/mol. The van der Waals surface area contributed by atoms with Gasteiger partial charge in [0.25, 0.3) is 5.91 Å². The van der Waals surface area contributed by atoms with Gasteiger partial charge in [0.2, 0.25) is 0 Å². The number of anilines is 1. The number of rotatable bonds is 3. The minimum atomic E-state index is -0.0118. The first-order chi connectivity index (χ1) is 9.83. The summed E-state index contributed by atoms with van der Waals surface area (Å²) in [6, 6.07) is 15.8. The van der Waals surface area contributed by atoms with E-state index in [-0.39, 0.29) is 5.91 Å². The van der Waals surface area contributed by atoms with Crippen LogP contribution in [0.15, 0.2) is 48.5 Å². The molecule has 3 nitrogen and oxygen atoms in total. The van der Waals surface area contributed by atoms with Crippen LogP contribution in [0.3, 0.4) is 0 Å². The predicted molar refractivity (Wildman–Crippen MR) is 80.9 cm³/mol. The molecule has 102 valence electrons. The van der Waals surface area contributed by atoms with Crippen LogP contribution in [-0.2, 0) is 13.0 Å². The molecule has 0 unspecified atom stereocenters. The molecule has 0 fully saturated rings. The number of fused-ring (bicyclic) bond motifs is 1. The molecule has 0 spiro atoms. The third-order valence-corrected chi connectivity index (χ3v) is 3.60. The van der Waals surface area contributed by atoms with E-state index >= 15 is 0 Å². The lowest BCUT2D eigenvalue weighted by molar-refractivity contribution is 0.0951. The Kier molecular flexibility index (Phi) is 3.68. The summed E-state index contributed by atoms with van der Waals surface area (Å²) in [6.07, 6.45) is 2.17. The molecule has 0 atom stereocenters. The van der Waals surface area contributed by atoms with E-state index in [9.17, 15) is 4.79 Å². The minimum Gasteiger partial charge on any atom is -0.385 e. The zero-order chi connectivity index (χ0) is 13.8. The highest BCUT2D eigenvalue weighted by atomic mass is 16.1. The van der Waals surface area contributed by atoms with E-state index < -0.39 is 0 Å². The van der Waals surface area contributed by atoms with E-state index in [1.54, 1.807) is 0 Å². The van der Waals surface area contributed by atoms with Gasteiger partial charge in [0.05, 0.1) is 0 Å². The number of hydrogen-bond acceptors (Lipinski definition) is 2. The second-order valence-corrected chi connectivity index (χ2v) is 5.07. The Bertz CT molecular complexity index is 608. The van der Waals surface area contributed by atoms with Gasteiger partial charge in [0, 0.05) is 24.3 Å². The number of benzene rings is 2. The number of aryl methyl sites for hydroxylation is 1. The molecule has 2 aromatic carbocycles. The van der Waals surface area contributed by atoms with Gasteiger partial charge in [-0.3, -0.25) is 4.79 Å². The van der Waals surface area contributed by atoms with Crippen LogP contribution >= 0.6 is 0 Å². The SMILES string of the molecule is O=C(NCc1ccccc1)c1ccc2c(c1)CCCN2. The first-order valence-corrected chi connectivity index (χ1v) is 7.02. The Hall–Kier alpha value is -2.29. The molecule has 1 amide bonds. The summed E-state index contributed by atoms with van der Waals surface area (Å²) in [6.45, 7) is 1.58. The fourth-order valence-electron chi connectivity index (χ4n) is 2.50. The van der Waals surface area contributed by atoms with Gasteiger partial charge in [-0.15, -0.1) is 0 Å². The molecule has 2 aromatic rings. The first kappa shape index (κ1) is 12.7. The second-order valence-electron chi connectivity index (χ2n) is 5.07. The largest absolute Gasteiger partial charge is 0.385 e. The summed E-state index contributed by atoms with van der Waals surface area (Å²) in [5, 5.41) is 6.32. The van der Waals surface area contributed by atoms with E-state index in [2.05, 4.69) is 10.6 Å². The third-order valence-electron chi connectivity index (χ3n) is 3.60. The Labute approximate surface area is 119 Å². The molecule has 0 aromatic heterocycles. The van der Waals surface area contributed by atoms with Crippen LogP contribution < -0.4 is 10.6 Å².